The SMILES string of the molecule is CS(=O)(=O)NCc1cccc(-c2cc3nc(-c4cnc(N)nc4)nc(N4CCOCC4)c3s2)c1. The van der Waals surface area contributed by atoms with E-state index in [4.69, 9.17) is 20.4 Å². The van der Waals surface area contributed by atoms with Gasteiger partial charge in [-0.25, -0.2) is 33.1 Å². The number of thiophene rings is 1. The minimum absolute atomic E-state index is 0.196. The lowest BCUT2D eigenvalue weighted by Gasteiger charge is -2.28. The average Bonchev–Trinajstić information content (AvgIpc) is 3.27. The molecule has 0 aliphatic carbocycles. The molecule has 0 radical (unpaired) electrons. The number of rotatable bonds is 6. The van der Waals surface area contributed by atoms with Gasteiger partial charge in [0, 0.05) is 36.9 Å². The van der Waals surface area contributed by atoms with Crippen LogP contribution < -0.4 is 15.4 Å². The molecule has 0 amide bonds. The van der Waals surface area contributed by atoms with Gasteiger partial charge < -0.3 is 15.4 Å². The summed E-state index contributed by atoms with van der Waals surface area (Å²) in [7, 11) is -3.27. The summed E-state index contributed by atoms with van der Waals surface area (Å²) < 4.78 is 32.0. The topological polar surface area (TPSA) is 136 Å². The number of ether oxygens (including phenoxy) is 1. The molecule has 0 spiro atoms. The molecule has 1 aromatic carbocycles. The number of nitrogen functional groups attached to an aromatic ring is 1. The van der Waals surface area contributed by atoms with Gasteiger partial charge in [0.1, 0.15) is 0 Å². The maximum absolute atomic E-state index is 11.5. The zero-order valence-corrected chi connectivity index (χ0v) is 20.1. The smallest absolute Gasteiger partial charge is 0.219 e. The number of nitrogens with two attached hydrogens (primary N) is 1. The molecule has 5 rings (SSSR count). The van der Waals surface area contributed by atoms with E-state index < -0.39 is 10.0 Å². The van der Waals surface area contributed by atoms with Crippen LogP contribution in [0.2, 0.25) is 0 Å². The van der Waals surface area contributed by atoms with Crippen molar-refractivity contribution in [2.45, 2.75) is 6.54 Å². The molecule has 1 fully saturated rings. The van der Waals surface area contributed by atoms with E-state index in [1.165, 1.54) is 0 Å². The predicted octanol–water partition coefficient (Wildman–Crippen LogP) is 2.28. The summed E-state index contributed by atoms with van der Waals surface area (Å²) in [6, 6.07) is 9.85. The summed E-state index contributed by atoms with van der Waals surface area (Å²) in [5.74, 6) is 1.58. The first-order chi connectivity index (χ1) is 16.4. The van der Waals surface area contributed by atoms with Crippen molar-refractivity contribution in [3.05, 3.63) is 48.3 Å². The van der Waals surface area contributed by atoms with Crippen LogP contribution in [-0.4, -0.2) is 60.9 Å². The highest BCUT2D eigenvalue weighted by molar-refractivity contribution is 7.88. The van der Waals surface area contributed by atoms with E-state index in [2.05, 4.69) is 19.6 Å². The number of hydrogen-bond donors (Lipinski definition) is 2. The lowest BCUT2D eigenvalue weighted by Crippen LogP contribution is -2.36. The zero-order valence-electron chi connectivity index (χ0n) is 18.4. The van der Waals surface area contributed by atoms with Crippen molar-refractivity contribution in [1.82, 2.24) is 24.7 Å². The van der Waals surface area contributed by atoms with E-state index in [1.54, 1.807) is 23.7 Å². The molecule has 0 saturated carbocycles. The number of hydrogen-bond acceptors (Lipinski definition) is 10. The van der Waals surface area contributed by atoms with Crippen molar-refractivity contribution in [3.8, 4) is 21.8 Å². The lowest BCUT2D eigenvalue weighted by molar-refractivity contribution is 0.122. The Kier molecular flexibility index (Phi) is 6.13. The van der Waals surface area contributed by atoms with E-state index in [1.807, 2.05) is 30.3 Å². The normalized spacial score (nSPS) is 14.6. The molecule has 0 atom stereocenters. The second-order valence-corrected chi connectivity index (χ2v) is 10.8. The number of anilines is 2. The van der Waals surface area contributed by atoms with Crippen molar-refractivity contribution in [3.63, 3.8) is 0 Å². The van der Waals surface area contributed by atoms with E-state index in [0.717, 1.165) is 51.4 Å². The maximum Gasteiger partial charge on any atom is 0.219 e. The lowest BCUT2D eigenvalue weighted by atomic mass is 10.1. The van der Waals surface area contributed by atoms with Gasteiger partial charge in [-0.1, -0.05) is 18.2 Å². The van der Waals surface area contributed by atoms with Crippen molar-refractivity contribution in [2.24, 2.45) is 0 Å². The summed E-state index contributed by atoms with van der Waals surface area (Å²) in [5.41, 5.74) is 9.02. The third-order valence-electron chi connectivity index (χ3n) is 5.34. The third-order valence-corrected chi connectivity index (χ3v) is 7.18. The van der Waals surface area contributed by atoms with Crippen LogP contribution in [0.25, 0.3) is 32.0 Å². The molecule has 176 valence electrons. The molecule has 4 heterocycles. The Labute approximate surface area is 200 Å². The first-order valence-corrected chi connectivity index (χ1v) is 13.3. The summed E-state index contributed by atoms with van der Waals surface area (Å²) >= 11 is 1.61. The Morgan fingerprint density at radius 2 is 1.88 bits per heavy atom. The van der Waals surface area contributed by atoms with Gasteiger partial charge in [-0.3, -0.25) is 0 Å². The van der Waals surface area contributed by atoms with Gasteiger partial charge in [0.25, 0.3) is 0 Å². The molecule has 1 aliphatic rings. The van der Waals surface area contributed by atoms with Gasteiger partial charge in [0.2, 0.25) is 16.0 Å². The zero-order chi connectivity index (χ0) is 23.7. The van der Waals surface area contributed by atoms with Crippen LogP contribution in [0, 0.1) is 0 Å². The van der Waals surface area contributed by atoms with Crippen molar-refractivity contribution in [2.75, 3.05) is 43.2 Å². The Morgan fingerprint density at radius 3 is 2.62 bits per heavy atom. The number of fused-ring (bicyclic) bond motifs is 1. The second-order valence-electron chi connectivity index (χ2n) is 7.92. The Bertz CT molecular complexity index is 1430. The molecule has 0 bridgehead atoms. The average molecular weight is 498 g/mol. The highest BCUT2D eigenvalue weighted by atomic mass is 32.2. The van der Waals surface area contributed by atoms with Gasteiger partial charge in [0.05, 0.1) is 35.2 Å². The van der Waals surface area contributed by atoms with E-state index in [0.29, 0.717) is 24.6 Å². The highest BCUT2D eigenvalue weighted by Crippen LogP contribution is 2.39. The molecule has 1 aliphatic heterocycles. The summed E-state index contributed by atoms with van der Waals surface area (Å²) in [5, 5.41) is 0. The molecule has 10 nitrogen and oxygen atoms in total. The molecule has 4 aromatic rings. The minimum atomic E-state index is -3.27. The van der Waals surface area contributed by atoms with Gasteiger partial charge in [-0.2, -0.15) is 0 Å². The molecule has 3 aromatic heterocycles. The first-order valence-electron chi connectivity index (χ1n) is 10.6. The molecule has 0 unspecified atom stereocenters. The van der Waals surface area contributed by atoms with Crippen LogP contribution in [0.4, 0.5) is 11.8 Å². The Hall–Kier alpha value is -3.19. The molecular formula is C22H23N7O3S2. The van der Waals surface area contributed by atoms with E-state index >= 15 is 0 Å². The molecule has 1 saturated heterocycles. The maximum atomic E-state index is 11.5. The van der Waals surface area contributed by atoms with Crippen molar-refractivity contribution in [1.29, 1.82) is 0 Å². The highest BCUT2D eigenvalue weighted by Gasteiger charge is 2.21. The van der Waals surface area contributed by atoms with Crippen LogP contribution in [0.5, 0.6) is 0 Å². The largest absolute Gasteiger partial charge is 0.378 e. The van der Waals surface area contributed by atoms with Gasteiger partial charge in [-0.15, -0.1) is 11.3 Å². The Balaban J connectivity index is 1.58. The quantitative estimate of drug-likeness (QED) is 0.411. The number of aromatic nitrogens is 4. The van der Waals surface area contributed by atoms with Crippen molar-refractivity contribution >= 4 is 43.3 Å². The number of morpholine rings is 1. The molecular weight excluding hydrogens is 474 g/mol. The van der Waals surface area contributed by atoms with E-state index in [-0.39, 0.29) is 12.5 Å². The first kappa shape index (κ1) is 22.6. The van der Waals surface area contributed by atoms with Gasteiger partial charge in [0.15, 0.2) is 11.6 Å². The van der Waals surface area contributed by atoms with Crippen LogP contribution >= 0.6 is 11.3 Å². The summed E-state index contributed by atoms with van der Waals surface area (Å²) in [6.45, 7) is 2.99. The number of sulfonamides is 1. The predicted molar refractivity (Wildman–Crippen MR) is 133 cm³/mol. The molecule has 12 heteroatoms. The van der Waals surface area contributed by atoms with Crippen LogP contribution in [-0.2, 0) is 21.3 Å². The van der Waals surface area contributed by atoms with Crippen LogP contribution in [0.15, 0.2) is 42.7 Å². The summed E-state index contributed by atoms with van der Waals surface area (Å²) in [6.07, 6.45) is 4.40. The molecule has 3 N–H and O–H groups in total. The fourth-order valence-corrected chi connectivity index (χ4v) is 5.22. The van der Waals surface area contributed by atoms with Crippen LogP contribution in [0.3, 0.4) is 0 Å². The minimum Gasteiger partial charge on any atom is -0.378 e. The van der Waals surface area contributed by atoms with Gasteiger partial charge >= 0.3 is 0 Å². The number of nitrogens with zero attached hydrogens (tertiary/aromatic N) is 5. The Morgan fingerprint density at radius 1 is 1.12 bits per heavy atom. The summed E-state index contributed by atoms with van der Waals surface area (Å²) in [4.78, 5) is 21.1. The van der Waals surface area contributed by atoms with Crippen molar-refractivity contribution < 1.29 is 13.2 Å². The third kappa shape index (κ3) is 4.99. The fraction of sp³-hybridized carbons (Fsp3) is 0.273. The molecule has 34 heavy (non-hydrogen) atoms. The van der Waals surface area contributed by atoms with E-state index in [9.17, 15) is 8.42 Å². The number of benzene rings is 1. The standard InChI is InChI=1S/C22H23N7O3S2/c1-34(30,31)26-11-14-3-2-4-15(9-14)18-10-17-19(33-18)21(29-5-7-32-8-6-29)28-20(27-17)16-12-24-22(23)25-13-16/h2-4,9-10,12-13,26H,5-8,11H2,1H3,(H2,23,24,25). The number of nitrogens with one attached hydrogen (secondary N) is 1. The van der Waals surface area contributed by atoms with Gasteiger partial charge in [-0.05, 0) is 23.3 Å². The fourth-order valence-electron chi connectivity index (χ4n) is 3.68. The monoisotopic (exact) mass is 497 g/mol. The van der Waals surface area contributed by atoms with Crippen LogP contribution in [0.1, 0.15) is 5.56 Å². The second kappa shape index (κ2) is 9.22.